The third kappa shape index (κ3) is 3.92. The van der Waals surface area contributed by atoms with Crippen LogP contribution in [0.15, 0.2) is 23.1 Å². The molecule has 0 spiro atoms. The predicted octanol–water partition coefficient (Wildman–Crippen LogP) is 2.49. The summed E-state index contributed by atoms with van der Waals surface area (Å²) in [6.45, 7) is 5.51. The highest BCUT2D eigenvalue weighted by molar-refractivity contribution is 7.89. The fourth-order valence-electron chi connectivity index (χ4n) is 1.81. The van der Waals surface area contributed by atoms with Crippen LogP contribution in [0.1, 0.15) is 33.6 Å². The summed E-state index contributed by atoms with van der Waals surface area (Å²) in [6.07, 6.45) is 1.17. The molecule has 0 unspecified atom stereocenters. The standard InChI is InChI=1S/C13H21N3O4S/c1-5-13(3,6-2)15-21(19,20)12-9-10(14-4)7-8-11(12)16(17)18/h7-9,14-15H,5-6H2,1-4H3. The number of anilines is 1. The van der Waals surface area contributed by atoms with E-state index in [0.717, 1.165) is 0 Å². The summed E-state index contributed by atoms with van der Waals surface area (Å²) in [5, 5.41) is 13.8. The van der Waals surface area contributed by atoms with Gasteiger partial charge < -0.3 is 5.32 Å². The summed E-state index contributed by atoms with van der Waals surface area (Å²) in [5.41, 5.74) is -0.575. The predicted molar refractivity (Wildman–Crippen MR) is 82.0 cm³/mol. The zero-order valence-electron chi connectivity index (χ0n) is 12.6. The molecule has 7 nitrogen and oxygen atoms in total. The maximum Gasteiger partial charge on any atom is 0.289 e. The number of nitro benzene ring substituents is 1. The molecule has 0 saturated carbocycles. The van der Waals surface area contributed by atoms with Crippen molar-refractivity contribution in [2.45, 2.75) is 44.0 Å². The van der Waals surface area contributed by atoms with Crippen LogP contribution in [-0.4, -0.2) is 25.9 Å². The molecule has 0 aliphatic carbocycles. The van der Waals surface area contributed by atoms with Crippen LogP contribution in [0.3, 0.4) is 0 Å². The molecule has 0 heterocycles. The minimum atomic E-state index is -3.98. The first-order chi connectivity index (χ1) is 9.69. The molecule has 1 aromatic carbocycles. The first-order valence-electron chi connectivity index (χ1n) is 6.69. The maximum atomic E-state index is 12.5. The monoisotopic (exact) mass is 315 g/mol. The first kappa shape index (κ1) is 17.4. The van der Waals surface area contributed by atoms with Crippen molar-refractivity contribution >= 4 is 21.4 Å². The third-order valence-electron chi connectivity index (χ3n) is 3.68. The van der Waals surface area contributed by atoms with E-state index in [-0.39, 0.29) is 4.90 Å². The van der Waals surface area contributed by atoms with Gasteiger partial charge >= 0.3 is 0 Å². The lowest BCUT2D eigenvalue weighted by Gasteiger charge is -2.27. The van der Waals surface area contributed by atoms with Gasteiger partial charge in [-0.15, -0.1) is 0 Å². The number of hydrogen-bond donors (Lipinski definition) is 2. The van der Waals surface area contributed by atoms with Crippen molar-refractivity contribution in [3.05, 3.63) is 28.3 Å². The minimum Gasteiger partial charge on any atom is -0.388 e. The van der Waals surface area contributed by atoms with Gasteiger partial charge in [0.2, 0.25) is 10.0 Å². The third-order valence-corrected chi connectivity index (χ3v) is 5.34. The van der Waals surface area contributed by atoms with E-state index in [0.29, 0.717) is 18.5 Å². The molecule has 0 fully saturated rings. The quantitative estimate of drug-likeness (QED) is 0.594. The average Bonchev–Trinajstić information content (AvgIpc) is 2.45. The van der Waals surface area contributed by atoms with E-state index in [1.165, 1.54) is 18.2 Å². The van der Waals surface area contributed by atoms with Crippen LogP contribution >= 0.6 is 0 Å². The lowest BCUT2D eigenvalue weighted by molar-refractivity contribution is -0.387. The molecule has 0 aliphatic heterocycles. The molecule has 118 valence electrons. The number of sulfonamides is 1. The maximum absolute atomic E-state index is 12.5. The Balaban J connectivity index is 3.39. The van der Waals surface area contributed by atoms with Crippen molar-refractivity contribution in [3.8, 4) is 0 Å². The summed E-state index contributed by atoms with van der Waals surface area (Å²) < 4.78 is 27.6. The van der Waals surface area contributed by atoms with Crippen LogP contribution in [-0.2, 0) is 10.0 Å². The number of hydrogen-bond acceptors (Lipinski definition) is 5. The van der Waals surface area contributed by atoms with Gasteiger partial charge in [0.15, 0.2) is 4.90 Å². The van der Waals surface area contributed by atoms with E-state index in [4.69, 9.17) is 0 Å². The summed E-state index contributed by atoms with van der Waals surface area (Å²) in [4.78, 5) is 10.0. The highest BCUT2D eigenvalue weighted by atomic mass is 32.2. The molecular weight excluding hydrogens is 294 g/mol. The zero-order valence-corrected chi connectivity index (χ0v) is 13.5. The van der Waals surface area contributed by atoms with Crippen LogP contribution in [0.2, 0.25) is 0 Å². The number of rotatable bonds is 7. The molecule has 0 aliphatic rings. The first-order valence-corrected chi connectivity index (χ1v) is 8.17. The molecule has 1 rings (SSSR count). The Morgan fingerprint density at radius 2 is 1.86 bits per heavy atom. The Hall–Kier alpha value is -1.67. The second-order valence-corrected chi connectivity index (χ2v) is 6.71. The zero-order chi connectivity index (χ0) is 16.3. The molecule has 0 bridgehead atoms. The highest BCUT2D eigenvalue weighted by Gasteiger charge is 2.32. The van der Waals surface area contributed by atoms with E-state index in [2.05, 4.69) is 10.0 Å². The van der Waals surface area contributed by atoms with Gasteiger partial charge in [0.05, 0.1) is 4.92 Å². The van der Waals surface area contributed by atoms with Gasteiger partial charge in [0, 0.05) is 24.3 Å². The molecule has 0 amide bonds. The Kier molecular flexibility index (Phi) is 5.30. The van der Waals surface area contributed by atoms with Gasteiger partial charge in [-0.05, 0) is 31.9 Å². The smallest absolute Gasteiger partial charge is 0.289 e. The van der Waals surface area contributed by atoms with E-state index >= 15 is 0 Å². The molecule has 2 N–H and O–H groups in total. The van der Waals surface area contributed by atoms with Crippen LogP contribution < -0.4 is 10.0 Å². The SMILES string of the molecule is CCC(C)(CC)NS(=O)(=O)c1cc(NC)ccc1[N+](=O)[O-]. The molecule has 0 radical (unpaired) electrons. The molecule has 21 heavy (non-hydrogen) atoms. The molecule has 8 heteroatoms. The van der Waals surface area contributed by atoms with Crippen molar-refractivity contribution in [2.24, 2.45) is 0 Å². The van der Waals surface area contributed by atoms with Crippen molar-refractivity contribution in [1.29, 1.82) is 0 Å². The van der Waals surface area contributed by atoms with E-state index < -0.39 is 26.2 Å². The van der Waals surface area contributed by atoms with Crippen molar-refractivity contribution in [3.63, 3.8) is 0 Å². The largest absolute Gasteiger partial charge is 0.388 e. The fraction of sp³-hybridized carbons (Fsp3) is 0.538. The second kappa shape index (κ2) is 6.40. The van der Waals surface area contributed by atoms with Crippen molar-refractivity contribution < 1.29 is 13.3 Å². The van der Waals surface area contributed by atoms with Crippen molar-refractivity contribution in [1.82, 2.24) is 4.72 Å². The molecule has 0 atom stereocenters. The van der Waals surface area contributed by atoms with Crippen LogP contribution in [0.25, 0.3) is 0 Å². The Morgan fingerprint density at radius 1 is 1.29 bits per heavy atom. The summed E-state index contributed by atoms with van der Waals surface area (Å²) in [5.74, 6) is 0. The lowest BCUT2D eigenvalue weighted by atomic mass is 9.98. The van der Waals surface area contributed by atoms with E-state index in [1.807, 2.05) is 13.8 Å². The van der Waals surface area contributed by atoms with E-state index in [9.17, 15) is 18.5 Å². The molecule has 1 aromatic rings. The minimum absolute atomic E-state index is 0.326. The van der Waals surface area contributed by atoms with E-state index in [1.54, 1.807) is 14.0 Å². The van der Waals surface area contributed by atoms with Gasteiger partial charge in [-0.1, -0.05) is 13.8 Å². The molecule has 0 saturated heterocycles. The van der Waals surface area contributed by atoms with Crippen LogP contribution in [0.4, 0.5) is 11.4 Å². The van der Waals surface area contributed by atoms with Crippen LogP contribution in [0.5, 0.6) is 0 Å². The number of nitrogens with one attached hydrogen (secondary N) is 2. The molecular formula is C13H21N3O4S. The van der Waals surface area contributed by atoms with Gasteiger partial charge in [-0.25, -0.2) is 13.1 Å². The number of nitrogens with zero attached hydrogens (tertiary/aromatic N) is 1. The normalized spacial score (nSPS) is 12.2. The Morgan fingerprint density at radius 3 is 2.29 bits per heavy atom. The second-order valence-electron chi connectivity index (χ2n) is 5.06. The average molecular weight is 315 g/mol. The van der Waals surface area contributed by atoms with Crippen molar-refractivity contribution in [2.75, 3.05) is 12.4 Å². The Labute approximate surface area is 124 Å². The number of nitro groups is 1. The van der Waals surface area contributed by atoms with Gasteiger partial charge in [-0.2, -0.15) is 0 Å². The van der Waals surface area contributed by atoms with Gasteiger partial charge in [0.25, 0.3) is 5.69 Å². The molecule has 0 aromatic heterocycles. The Bertz CT molecular complexity index is 624. The van der Waals surface area contributed by atoms with Gasteiger partial charge in [-0.3, -0.25) is 10.1 Å². The fourth-order valence-corrected chi connectivity index (χ4v) is 3.56. The summed E-state index contributed by atoms with van der Waals surface area (Å²) >= 11 is 0. The van der Waals surface area contributed by atoms with Gasteiger partial charge in [0.1, 0.15) is 0 Å². The highest BCUT2D eigenvalue weighted by Crippen LogP contribution is 2.28. The lowest BCUT2D eigenvalue weighted by Crippen LogP contribution is -2.44. The topological polar surface area (TPSA) is 101 Å². The summed E-state index contributed by atoms with van der Waals surface area (Å²) in [6, 6.07) is 3.93. The summed E-state index contributed by atoms with van der Waals surface area (Å²) in [7, 11) is -2.36. The number of benzene rings is 1. The van der Waals surface area contributed by atoms with Crippen LogP contribution in [0, 0.1) is 10.1 Å².